The van der Waals surface area contributed by atoms with Gasteiger partial charge in [-0.25, -0.2) is 0 Å². The second-order valence-electron chi connectivity index (χ2n) is 5.36. The van der Waals surface area contributed by atoms with E-state index in [1.807, 2.05) is 0 Å². The molecule has 1 aliphatic rings. The largest absolute Gasteiger partial charge is 0.465 e. The lowest BCUT2D eigenvalue weighted by Gasteiger charge is -2.26. The maximum atomic E-state index is 12.5. The number of carbonyl (C=O) groups excluding carboxylic acids is 3. The number of carbonyl (C=O) groups is 3. The first-order chi connectivity index (χ1) is 10.6. The molecule has 0 radical (unpaired) electrons. The van der Waals surface area contributed by atoms with E-state index < -0.39 is 17.4 Å². The lowest BCUT2D eigenvalue weighted by molar-refractivity contribution is -0.171. The summed E-state index contributed by atoms with van der Waals surface area (Å²) in [5.41, 5.74) is -1.04. The highest BCUT2D eigenvalue weighted by molar-refractivity contribution is 6.07. The Bertz CT molecular complexity index is 551. The summed E-state index contributed by atoms with van der Waals surface area (Å²) in [5.74, 6) is -1.56. The van der Waals surface area contributed by atoms with Crippen LogP contribution in [0, 0.1) is 5.41 Å². The standard InChI is InChI=1S/C17H20O5/c1-2-21-15(19)17(10-6-7-11-22-16(17)20)12-14(18)13-8-4-3-5-9-13/h3-5,8-9H,2,6-7,10-12H2,1H3. The molecule has 0 aromatic heterocycles. The molecular weight excluding hydrogens is 284 g/mol. The van der Waals surface area contributed by atoms with Crippen molar-refractivity contribution in [2.24, 2.45) is 5.41 Å². The zero-order chi connectivity index (χ0) is 16.0. The molecule has 1 aromatic rings. The highest BCUT2D eigenvalue weighted by Crippen LogP contribution is 2.36. The Morgan fingerprint density at radius 2 is 1.95 bits per heavy atom. The van der Waals surface area contributed by atoms with Crippen LogP contribution in [0.5, 0.6) is 0 Å². The van der Waals surface area contributed by atoms with Crippen LogP contribution in [0.2, 0.25) is 0 Å². The molecule has 0 spiro atoms. The van der Waals surface area contributed by atoms with Gasteiger partial charge in [0.2, 0.25) is 0 Å². The van der Waals surface area contributed by atoms with Gasteiger partial charge in [0.1, 0.15) is 0 Å². The van der Waals surface area contributed by atoms with Gasteiger partial charge in [-0.05, 0) is 26.2 Å². The van der Waals surface area contributed by atoms with Gasteiger partial charge in [0, 0.05) is 12.0 Å². The molecule has 118 valence electrons. The number of esters is 2. The van der Waals surface area contributed by atoms with Gasteiger partial charge in [0.15, 0.2) is 11.2 Å². The van der Waals surface area contributed by atoms with E-state index in [2.05, 4.69) is 0 Å². The van der Waals surface area contributed by atoms with Crippen molar-refractivity contribution in [3.05, 3.63) is 35.9 Å². The minimum atomic E-state index is -1.51. The number of ether oxygens (including phenoxy) is 2. The van der Waals surface area contributed by atoms with Crippen LogP contribution in [0.15, 0.2) is 30.3 Å². The van der Waals surface area contributed by atoms with Gasteiger partial charge in [0.25, 0.3) is 0 Å². The molecule has 2 rings (SSSR count). The Kier molecular flexibility index (Phi) is 5.31. The summed E-state index contributed by atoms with van der Waals surface area (Å²) in [6.07, 6.45) is 1.40. The summed E-state index contributed by atoms with van der Waals surface area (Å²) in [6.45, 7) is 2.11. The quantitative estimate of drug-likeness (QED) is 0.475. The molecular formula is C17H20O5. The van der Waals surface area contributed by atoms with Crippen LogP contribution in [-0.4, -0.2) is 30.9 Å². The second-order valence-corrected chi connectivity index (χ2v) is 5.36. The zero-order valence-corrected chi connectivity index (χ0v) is 12.7. The predicted molar refractivity (Wildman–Crippen MR) is 79.3 cm³/mol. The fraction of sp³-hybridized carbons (Fsp3) is 0.471. The van der Waals surface area contributed by atoms with Crippen molar-refractivity contribution >= 4 is 17.7 Å². The third-order valence-electron chi connectivity index (χ3n) is 3.85. The van der Waals surface area contributed by atoms with Gasteiger partial charge in [-0.1, -0.05) is 30.3 Å². The van der Waals surface area contributed by atoms with E-state index in [-0.39, 0.29) is 31.8 Å². The summed E-state index contributed by atoms with van der Waals surface area (Å²) in [4.78, 5) is 37.2. The first-order valence-corrected chi connectivity index (χ1v) is 7.53. The fourth-order valence-electron chi connectivity index (χ4n) is 2.62. The van der Waals surface area contributed by atoms with Crippen LogP contribution in [0.25, 0.3) is 0 Å². The van der Waals surface area contributed by atoms with E-state index >= 15 is 0 Å². The van der Waals surface area contributed by atoms with Gasteiger partial charge in [-0.2, -0.15) is 0 Å². The Morgan fingerprint density at radius 1 is 1.23 bits per heavy atom. The van der Waals surface area contributed by atoms with Crippen molar-refractivity contribution in [2.75, 3.05) is 13.2 Å². The zero-order valence-electron chi connectivity index (χ0n) is 12.7. The molecule has 5 nitrogen and oxygen atoms in total. The molecule has 0 N–H and O–H groups in total. The molecule has 1 unspecified atom stereocenters. The lowest BCUT2D eigenvalue weighted by atomic mass is 9.77. The maximum Gasteiger partial charge on any atom is 0.323 e. The summed E-state index contributed by atoms with van der Waals surface area (Å²) in [7, 11) is 0. The fourth-order valence-corrected chi connectivity index (χ4v) is 2.62. The van der Waals surface area contributed by atoms with E-state index in [0.717, 1.165) is 0 Å². The minimum absolute atomic E-state index is 0.160. The molecule has 1 heterocycles. The third-order valence-corrected chi connectivity index (χ3v) is 3.85. The SMILES string of the molecule is CCOC(=O)C1(CC(=O)c2ccccc2)CCCCOC1=O. The van der Waals surface area contributed by atoms with Crippen LogP contribution in [0.4, 0.5) is 0 Å². The monoisotopic (exact) mass is 304 g/mol. The van der Waals surface area contributed by atoms with Crippen molar-refractivity contribution in [1.82, 2.24) is 0 Å². The molecule has 1 saturated heterocycles. The summed E-state index contributed by atoms with van der Waals surface area (Å²) >= 11 is 0. The number of hydrogen-bond acceptors (Lipinski definition) is 5. The van der Waals surface area contributed by atoms with E-state index in [1.54, 1.807) is 37.3 Å². The van der Waals surface area contributed by atoms with Crippen LogP contribution in [0.1, 0.15) is 43.0 Å². The normalized spacial score (nSPS) is 21.6. The van der Waals surface area contributed by atoms with Crippen LogP contribution in [-0.2, 0) is 19.1 Å². The van der Waals surface area contributed by atoms with E-state index in [0.29, 0.717) is 18.4 Å². The molecule has 1 fully saturated rings. The number of cyclic esters (lactones) is 1. The van der Waals surface area contributed by atoms with Gasteiger partial charge in [-0.15, -0.1) is 0 Å². The highest BCUT2D eigenvalue weighted by Gasteiger charge is 2.50. The van der Waals surface area contributed by atoms with Crippen molar-refractivity contribution < 1.29 is 23.9 Å². The summed E-state index contributed by atoms with van der Waals surface area (Å²) in [5, 5.41) is 0. The van der Waals surface area contributed by atoms with Gasteiger partial charge < -0.3 is 9.47 Å². The Morgan fingerprint density at radius 3 is 2.64 bits per heavy atom. The number of rotatable bonds is 5. The molecule has 22 heavy (non-hydrogen) atoms. The number of ketones is 1. The average Bonchev–Trinajstić information content (AvgIpc) is 2.71. The van der Waals surface area contributed by atoms with Crippen molar-refractivity contribution in [2.45, 2.75) is 32.6 Å². The minimum Gasteiger partial charge on any atom is -0.465 e. The van der Waals surface area contributed by atoms with E-state index in [1.165, 1.54) is 0 Å². The predicted octanol–water partition coefficient (Wildman–Crippen LogP) is 2.54. The van der Waals surface area contributed by atoms with Crippen LogP contribution >= 0.6 is 0 Å². The summed E-state index contributed by atoms with van der Waals surface area (Å²) in [6, 6.07) is 8.63. The first-order valence-electron chi connectivity index (χ1n) is 7.53. The number of hydrogen-bond donors (Lipinski definition) is 0. The van der Waals surface area contributed by atoms with Crippen molar-refractivity contribution in [3.8, 4) is 0 Å². The topological polar surface area (TPSA) is 69.7 Å². The number of Topliss-reactive ketones (excluding diaryl/α,β-unsaturated/α-hetero) is 1. The van der Waals surface area contributed by atoms with Crippen molar-refractivity contribution in [3.63, 3.8) is 0 Å². The molecule has 0 amide bonds. The highest BCUT2D eigenvalue weighted by atomic mass is 16.6. The van der Waals surface area contributed by atoms with Crippen LogP contribution < -0.4 is 0 Å². The molecule has 1 aromatic carbocycles. The van der Waals surface area contributed by atoms with Crippen molar-refractivity contribution in [1.29, 1.82) is 0 Å². The molecule has 0 bridgehead atoms. The third kappa shape index (κ3) is 3.35. The lowest BCUT2D eigenvalue weighted by Crippen LogP contribution is -2.43. The molecule has 0 aliphatic carbocycles. The number of benzene rings is 1. The van der Waals surface area contributed by atoms with Crippen LogP contribution in [0.3, 0.4) is 0 Å². The maximum absolute atomic E-state index is 12.5. The van der Waals surface area contributed by atoms with E-state index in [4.69, 9.17) is 9.47 Å². The Balaban J connectivity index is 2.30. The molecule has 0 saturated carbocycles. The average molecular weight is 304 g/mol. The molecule has 1 atom stereocenters. The van der Waals surface area contributed by atoms with E-state index in [9.17, 15) is 14.4 Å². The van der Waals surface area contributed by atoms with Gasteiger partial charge >= 0.3 is 11.9 Å². The Labute approximate surface area is 129 Å². The van der Waals surface area contributed by atoms with Gasteiger partial charge in [0.05, 0.1) is 13.2 Å². The van der Waals surface area contributed by atoms with Gasteiger partial charge in [-0.3, -0.25) is 14.4 Å². The molecule has 1 aliphatic heterocycles. The Hall–Kier alpha value is -2.17. The summed E-state index contributed by atoms with van der Waals surface area (Å²) < 4.78 is 10.2. The second kappa shape index (κ2) is 7.20. The molecule has 5 heteroatoms. The smallest absolute Gasteiger partial charge is 0.323 e. The first kappa shape index (κ1) is 16.2.